The zero-order valence-corrected chi connectivity index (χ0v) is 9.37. The van der Waals surface area contributed by atoms with Gasteiger partial charge in [0.2, 0.25) is 0 Å². The normalized spacial score (nSPS) is 43.7. The van der Waals surface area contributed by atoms with E-state index in [4.69, 9.17) is 0 Å². The quantitative estimate of drug-likeness (QED) is 0.376. The van der Waals surface area contributed by atoms with Gasteiger partial charge in [-0.3, -0.25) is 0 Å². The van der Waals surface area contributed by atoms with Gasteiger partial charge in [0.1, 0.15) is 0 Å². The van der Waals surface area contributed by atoms with Crippen LogP contribution in [0.3, 0.4) is 0 Å². The number of rotatable bonds is 0. The first-order valence-electron chi connectivity index (χ1n) is 5.87. The molecule has 1 rings (SSSR count). The molecule has 4 unspecified atom stereocenters. The molecule has 0 spiro atoms. The fourth-order valence-electron chi connectivity index (χ4n) is 2.17. The lowest BCUT2D eigenvalue weighted by atomic mass is 10.0. The van der Waals surface area contributed by atoms with Crippen LogP contribution in [0.5, 0.6) is 0 Å². The second kappa shape index (κ2) is 6.51. The van der Waals surface area contributed by atoms with Crippen molar-refractivity contribution in [2.24, 2.45) is 0 Å². The Morgan fingerprint density at radius 2 is 0.688 bits per heavy atom. The number of aliphatic hydroxyl groups excluding tert-OH is 5. The lowest BCUT2D eigenvalue weighted by Gasteiger charge is -2.18. The van der Waals surface area contributed by atoms with Gasteiger partial charge in [-0.1, -0.05) is 0 Å². The smallest absolute Gasteiger partial charge is 0.0589 e. The van der Waals surface area contributed by atoms with Gasteiger partial charge < -0.3 is 25.5 Å². The maximum absolute atomic E-state index is 9.55. The van der Waals surface area contributed by atoms with Gasteiger partial charge in [0, 0.05) is 0 Å². The first-order chi connectivity index (χ1) is 7.47. The molecule has 1 fully saturated rings. The van der Waals surface area contributed by atoms with Gasteiger partial charge in [0.05, 0.1) is 30.5 Å². The van der Waals surface area contributed by atoms with Crippen LogP contribution in [0.1, 0.15) is 38.5 Å². The second-order valence-electron chi connectivity index (χ2n) is 4.79. The third kappa shape index (κ3) is 5.23. The molecule has 1 saturated carbocycles. The zero-order valence-electron chi connectivity index (χ0n) is 9.37. The Morgan fingerprint density at radius 3 is 1.00 bits per heavy atom. The summed E-state index contributed by atoms with van der Waals surface area (Å²) in [7, 11) is 0. The molecular weight excluding hydrogens is 212 g/mol. The van der Waals surface area contributed by atoms with E-state index in [-0.39, 0.29) is 25.7 Å². The molecule has 0 aromatic rings. The van der Waals surface area contributed by atoms with Crippen molar-refractivity contribution in [3.63, 3.8) is 0 Å². The topological polar surface area (TPSA) is 101 Å². The first kappa shape index (κ1) is 13.9. The third-order valence-corrected chi connectivity index (χ3v) is 3.01. The molecule has 96 valence electrons. The Balaban J connectivity index is 2.54. The lowest BCUT2D eigenvalue weighted by molar-refractivity contribution is 0.0161. The van der Waals surface area contributed by atoms with Gasteiger partial charge in [0.25, 0.3) is 0 Å². The van der Waals surface area contributed by atoms with E-state index in [2.05, 4.69) is 0 Å². The second-order valence-corrected chi connectivity index (χ2v) is 4.79. The molecule has 16 heavy (non-hydrogen) atoms. The van der Waals surface area contributed by atoms with Gasteiger partial charge in [0.15, 0.2) is 0 Å². The summed E-state index contributed by atoms with van der Waals surface area (Å²) in [4.78, 5) is 0. The van der Waals surface area contributed by atoms with Crippen molar-refractivity contribution >= 4 is 0 Å². The van der Waals surface area contributed by atoms with E-state index < -0.39 is 30.5 Å². The molecular formula is C11H22O5. The van der Waals surface area contributed by atoms with Crippen LogP contribution >= 0.6 is 0 Å². The minimum Gasteiger partial charge on any atom is -0.393 e. The van der Waals surface area contributed by atoms with Crippen LogP contribution in [0.2, 0.25) is 0 Å². The predicted molar refractivity (Wildman–Crippen MR) is 57.7 cm³/mol. The maximum Gasteiger partial charge on any atom is 0.0589 e. The molecule has 0 bridgehead atoms. The molecule has 0 aliphatic heterocycles. The largest absolute Gasteiger partial charge is 0.393 e. The van der Waals surface area contributed by atoms with Crippen molar-refractivity contribution in [3.05, 3.63) is 0 Å². The molecule has 0 amide bonds. The molecule has 0 saturated heterocycles. The molecule has 1 aliphatic rings. The molecule has 0 radical (unpaired) electrons. The summed E-state index contributed by atoms with van der Waals surface area (Å²) in [5.41, 5.74) is 0. The average Bonchev–Trinajstić information content (AvgIpc) is 2.13. The summed E-state index contributed by atoms with van der Waals surface area (Å²) in [6.45, 7) is 0. The van der Waals surface area contributed by atoms with Crippen LogP contribution in [0.15, 0.2) is 0 Å². The molecule has 5 nitrogen and oxygen atoms in total. The van der Waals surface area contributed by atoms with Crippen LogP contribution in [0.4, 0.5) is 0 Å². The zero-order chi connectivity index (χ0) is 12.1. The molecule has 5 N–H and O–H groups in total. The summed E-state index contributed by atoms with van der Waals surface area (Å²) in [6, 6.07) is 0. The molecule has 0 aromatic carbocycles. The van der Waals surface area contributed by atoms with E-state index in [1.54, 1.807) is 0 Å². The lowest BCUT2D eigenvalue weighted by Crippen LogP contribution is -2.25. The number of hydrogen-bond donors (Lipinski definition) is 5. The summed E-state index contributed by atoms with van der Waals surface area (Å²) in [5, 5.41) is 47.8. The van der Waals surface area contributed by atoms with E-state index in [9.17, 15) is 25.5 Å². The van der Waals surface area contributed by atoms with Crippen LogP contribution < -0.4 is 0 Å². The van der Waals surface area contributed by atoms with E-state index in [1.807, 2.05) is 0 Å². The Bertz CT molecular complexity index is 179. The molecule has 1 aliphatic carbocycles. The Morgan fingerprint density at radius 1 is 0.438 bits per heavy atom. The summed E-state index contributed by atoms with van der Waals surface area (Å²) in [6.07, 6.45) is -2.09. The maximum atomic E-state index is 9.55. The van der Waals surface area contributed by atoms with Crippen molar-refractivity contribution in [1.82, 2.24) is 0 Å². The van der Waals surface area contributed by atoms with Gasteiger partial charge in [-0.2, -0.15) is 0 Å². The van der Waals surface area contributed by atoms with Crippen LogP contribution in [-0.4, -0.2) is 56.1 Å². The van der Waals surface area contributed by atoms with Gasteiger partial charge in [-0.25, -0.2) is 0 Å². The summed E-state index contributed by atoms with van der Waals surface area (Å²) < 4.78 is 0. The third-order valence-electron chi connectivity index (χ3n) is 3.01. The van der Waals surface area contributed by atoms with Gasteiger partial charge in [-0.15, -0.1) is 0 Å². The predicted octanol–water partition coefficient (Wildman–Crippen LogP) is -0.855. The molecule has 0 aromatic heterocycles. The van der Waals surface area contributed by atoms with E-state index in [0.717, 1.165) is 0 Å². The summed E-state index contributed by atoms with van der Waals surface area (Å²) in [5.74, 6) is 0. The van der Waals surface area contributed by atoms with Crippen molar-refractivity contribution in [2.45, 2.75) is 69.0 Å². The highest BCUT2D eigenvalue weighted by Gasteiger charge is 2.22. The van der Waals surface area contributed by atoms with E-state index in [0.29, 0.717) is 12.8 Å². The number of hydrogen-bond acceptors (Lipinski definition) is 5. The highest BCUT2D eigenvalue weighted by atomic mass is 16.3. The van der Waals surface area contributed by atoms with E-state index >= 15 is 0 Å². The number of aliphatic hydroxyl groups is 5. The average molecular weight is 234 g/mol. The fourth-order valence-corrected chi connectivity index (χ4v) is 2.17. The van der Waals surface area contributed by atoms with Gasteiger partial charge in [-0.05, 0) is 38.5 Å². The fraction of sp³-hybridized carbons (Fsp3) is 1.00. The molecule has 5 heteroatoms. The Labute approximate surface area is 95.4 Å². The highest BCUT2D eigenvalue weighted by Crippen LogP contribution is 2.18. The Kier molecular flexibility index (Phi) is 5.64. The monoisotopic (exact) mass is 234 g/mol. The standard InChI is InChI=1S/C11H22O5/c12-7-1-2-8(13)4-10(15)6-11(16)5-9(14)3-7/h7-16H,1-6H2. The molecule has 4 atom stereocenters. The highest BCUT2D eigenvalue weighted by molar-refractivity contribution is 4.75. The van der Waals surface area contributed by atoms with Crippen LogP contribution in [0.25, 0.3) is 0 Å². The SMILES string of the molecule is OC1CCC(O)CC(O)CC(O)CC(O)C1. The van der Waals surface area contributed by atoms with Crippen molar-refractivity contribution in [1.29, 1.82) is 0 Å². The van der Waals surface area contributed by atoms with Gasteiger partial charge >= 0.3 is 0 Å². The van der Waals surface area contributed by atoms with Crippen molar-refractivity contribution in [3.8, 4) is 0 Å². The van der Waals surface area contributed by atoms with Crippen molar-refractivity contribution in [2.75, 3.05) is 0 Å². The van der Waals surface area contributed by atoms with Crippen LogP contribution in [0, 0.1) is 0 Å². The van der Waals surface area contributed by atoms with Crippen molar-refractivity contribution < 1.29 is 25.5 Å². The summed E-state index contributed by atoms with van der Waals surface area (Å²) >= 11 is 0. The Hall–Kier alpha value is -0.200. The molecule has 0 heterocycles. The first-order valence-corrected chi connectivity index (χ1v) is 5.87. The van der Waals surface area contributed by atoms with Crippen LogP contribution in [-0.2, 0) is 0 Å². The minimum absolute atomic E-state index is 0.157. The van der Waals surface area contributed by atoms with E-state index in [1.165, 1.54) is 0 Å². The minimum atomic E-state index is -0.789.